The lowest BCUT2D eigenvalue weighted by Gasteiger charge is -2.09. The normalized spacial score (nSPS) is 10.6. The first-order chi connectivity index (χ1) is 17.4. The molecule has 0 heterocycles. The first-order valence-corrected chi connectivity index (χ1v) is 15.8. The maximum absolute atomic E-state index is 11.3. The molecule has 0 fully saturated rings. The molecule has 0 aromatic rings. The highest BCUT2D eigenvalue weighted by Gasteiger charge is 2.03. The standard InChI is InChI=1S/2C16H33NO/c2*1-4-5-6-7-8-9-10-11-12-13-14-15-16(18)17(2)3/h2*4-15H2,1-3H3. The summed E-state index contributed by atoms with van der Waals surface area (Å²) in [6, 6.07) is 0. The molecule has 4 heteroatoms. The summed E-state index contributed by atoms with van der Waals surface area (Å²) in [5.41, 5.74) is 0. The van der Waals surface area contributed by atoms with Crippen molar-refractivity contribution in [3.05, 3.63) is 0 Å². The van der Waals surface area contributed by atoms with Gasteiger partial charge in [-0.1, -0.05) is 142 Å². The summed E-state index contributed by atoms with van der Waals surface area (Å²) in [7, 11) is 7.34. The van der Waals surface area contributed by atoms with E-state index < -0.39 is 0 Å². The van der Waals surface area contributed by atoms with Crippen molar-refractivity contribution in [1.29, 1.82) is 0 Å². The molecular formula is C32H66N2O2. The highest BCUT2D eigenvalue weighted by atomic mass is 16.2. The van der Waals surface area contributed by atoms with Crippen LogP contribution in [0, 0.1) is 0 Å². The molecule has 36 heavy (non-hydrogen) atoms. The third kappa shape index (κ3) is 31.0. The van der Waals surface area contributed by atoms with Crippen LogP contribution in [0.4, 0.5) is 0 Å². The summed E-state index contributed by atoms with van der Waals surface area (Å²) in [5.74, 6) is 0.539. The van der Waals surface area contributed by atoms with E-state index in [1.807, 2.05) is 28.2 Å². The minimum Gasteiger partial charge on any atom is -0.349 e. The Bertz CT molecular complexity index is 421. The van der Waals surface area contributed by atoms with Crippen LogP contribution >= 0.6 is 0 Å². The van der Waals surface area contributed by atoms with Gasteiger partial charge in [0.15, 0.2) is 0 Å². The summed E-state index contributed by atoms with van der Waals surface area (Å²) >= 11 is 0. The Labute approximate surface area is 227 Å². The summed E-state index contributed by atoms with van der Waals surface area (Å²) in [6.07, 6.45) is 30.9. The van der Waals surface area contributed by atoms with E-state index in [0.29, 0.717) is 0 Å². The average molecular weight is 511 g/mol. The molecule has 0 aliphatic carbocycles. The van der Waals surface area contributed by atoms with E-state index in [4.69, 9.17) is 0 Å². The lowest BCUT2D eigenvalue weighted by atomic mass is 10.1. The summed E-state index contributed by atoms with van der Waals surface area (Å²) in [6.45, 7) is 4.53. The summed E-state index contributed by atoms with van der Waals surface area (Å²) in [4.78, 5) is 26.0. The van der Waals surface area contributed by atoms with E-state index in [2.05, 4.69) is 13.8 Å². The van der Waals surface area contributed by atoms with Crippen molar-refractivity contribution in [3.8, 4) is 0 Å². The van der Waals surface area contributed by atoms with Crippen LogP contribution in [-0.4, -0.2) is 49.8 Å². The number of carbonyl (C=O) groups excluding carboxylic acids is 2. The largest absolute Gasteiger partial charge is 0.349 e. The van der Waals surface area contributed by atoms with Crippen molar-refractivity contribution in [2.24, 2.45) is 0 Å². The number of amides is 2. The van der Waals surface area contributed by atoms with Gasteiger partial charge in [0.25, 0.3) is 0 Å². The average Bonchev–Trinajstić information content (AvgIpc) is 2.85. The molecule has 0 aromatic heterocycles. The molecule has 0 saturated carbocycles. The molecule has 0 aliphatic heterocycles. The van der Waals surface area contributed by atoms with Crippen molar-refractivity contribution in [1.82, 2.24) is 9.80 Å². The third-order valence-corrected chi connectivity index (χ3v) is 6.99. The van der Waals surface area contributed by atoms with E-state index in [1.54, 1.807) is 9.80 Å². The van der Waals surface area contributed by atoms with Gasteiger partial charge < -0.3 is 9.80 Å². The Hall–Kier alpha value is -1.06. The molecule has 2 amide bonds. The maximum atomic E-state index is 11.3. The van der Waals surface area contributed by atoms with Gasteiger partial charge in [0.1, 0.15) is 0 Å². The third-order valence-electron chi connectivity index (χ3n) is 6.99. The van der Waals surface area contributed by atoms with Gasteiger partial charge in [0.2, 0.25) is 11.8 Å². The smallest absolute Gasteiger partial charge is 0.222 e. The predicted molar refractivity (Wildman–Crippen MR) is 160 cm³/mol. The van der Waals surface area contributed by atoms with Crippen molar-refractivity contribution >= 4 is 11.8 Å². The number of unbranched alkanes of at least 4 members (excludes halogenated alkanes) is 20. The molecule has 0 rings (SSSR count). The lowest BCUT2D eigenvalue weighted by Crippen LogP contribution is -2.20. The Balaban J connectivity index is 0. The molecule has 0 atom stereocenters. The van der Waals surface area contributed by atoms with Gasteiger partial charge in [-0.05, 0) is 12.8 Å². The van der Waals surface area contributed by atoms with Crippen molar-refractivity contribution in [2.75, 3.05) is 28.2 Å². The van der Waals surface area contributed by atoms with E-state index in [9.17, 15) is 9.59 Å². The Kier molecular flexibility index (Phi) is 31.1. The van der Waals surface area contributed by atoms with Gasteiger partial charge in [-0.2, -0.15) is 0 Å². The van der Waals surface area contributed by atoms with E-state index >= 15 is 0 Å². The molecule has 0 N–H and O–H groups in total. The monoisotopic (exact) mass is 511 g/mol. The van der Waals surface area contributed by atoms with Crippen LogP contribution in [0.3, 0.4) is 0 Å². The van der Waals surface area contributed by atoms with Crippen LogP contribution in [0.25, 0.3) is 0 Å². The Morgan fingerprint density at radius 3 is 0.750 bits per heavy atom. The van der Waals surface area contributed by atoms with Gasteiger partial charge in [-0.3, -0.25) is 9.59 Å². The van der Waals surface area contributed by atoms with Crippen LogP contribution in [0.2, 0.25) is 0 Å². The Morgan fingerprint density at radius 2 is 0.556 bits per heavy atom. The highest BCUT2D eigenvalue weighted by Crippen LogP contribution is 2.13. The first-order valence-electron chi connectivity index (χ1n) is 15.8. The van der Waals surface area contributed by atoms with Crippen LogP contribution in [0.5, 0.6) is 0 Å². The SMILES string of the molecule is CCCCCCCCCCCCCC(=O)N(C)C.CCCCCCCCCCCCCC(=O)N(C)C. The zero-order valence-corrected chi connectivity index (χ0v) is 25.7. The molecule has 0 unspecified atom stereocenters. The highest BCUT2D eigenvalue weighted by molar-refractivity contribution is 5.75. The number of hydrogen-bond acceptors (Lipinski definition) is 2. The van der Waals surface area contributed by atoms with E-state index in [1.165, 1.54) is 128 Å². The first kappa shape index (κ1) is 37.1. The molecule has 0 radical (unpaired) electrons. The topological polar surface area (TPSA) is 40.6 Å². The summed E-state index contributed by atoms with van der Waals surface area (Å²) < 4.78 is 0. The fraction of sp³-hybridized carbons (Fsp3) is 0.938. The van der Waals surface area contributed by atoms with Gasteiger partial charge >= 0.3 is 0 Å². The molecule has 4 nitrogen and oxygen atoms in total. The quantitative estimate of drug-likeness (QED) is 0.121. The van der Waals surface area contributed by atoms with Gasteiger partial charge in [0, 0.05) is 41.0 Å². The van der Waals surface area contributed by atoms with Crippen molar-refractivity contribution < 1.29 is 9.59 Å². The van der Waals surface area contributed by atoms with Crippen LogP contribution in [-0.2, 0) is 9.59 Å². The second kappa shape index (κ2) is 30.2. The second-order valence-electron chi connectivity index (χ2n) is 11.1. The molecule has 0 saturated heterocycles. The number of rotatable bonds is 24. The second-order valence-corrected chi connectivity index (χ2v) is 11.1. The minimum atomic E-state index is 0.269. The van der Waals surface area contributed by atoms with Gasteiger partial charge in [-0.15, -0.1) is 0 Å². The minimum absolute atomic E-state index is 0.269. The zero-order chi connectivity index (χ0) is 27.3. The zero-order valence-electron chi connectivity index (χ0n) is 25.7. The van der Waals surface area contributed by atoms with Crippen LogP contribution < -0.4 is 0 Å². The predicted octanol–water partition coefficient (Wildman–Crippen LogP) is 9.55. The number of hydrogen-bond donors (Lipinski definition) is 0. The number of carbonyl (C=O) groups is 2. The van der Waals surface area contributed by atoms with Crippen molar-refractivity contribution in [3.63, 3.8) is 0 Å². The van der Waals surface area contributed by atoms with Crippen molar-refractivity contribution in [2.45, 2.75) is 168 Å². The van der Waals surface area contributed by atoms with Gasteiger partial charge in [-0.25, -0.2) is 0 Å². The Morgan fingerprint density at radius 1 is 0.361 bits per heavy atom. The van der Waals surface area contributed by atoms with Crippen LogP contribution in [0.15, 0.2) is 0 Å². The fourth-order valence-corrected chi connectivity index (χ4v) is 4.33. The lowest BCUT2D eigenvalue weighted by molar-refractivity contribution is -0.129. The van der Waals surface area contributed by atoms with E-state index in [-0.39, 0.29) is 11.8 Å². The fourth-order valence-electron chi connectivity index (χ4n) is 4.33. The van der Waals surface area contributed by atoms with E-state index in [0.717, 1.165) is 25.7 Å². The molecule has 0 aliphatic rings. The maximum Gasteiger partial charge on any atom is 0.222 e. The molecule has 0 spiro atoms. The summed E-state index contributed by atoms with van der Waals surface area (Å²) in [5, 5.41) is 0. The molecule has 0 bridgehead atoms. The molecule has 216 valence electrons. The van der Waals surface area contributed by atoms with Gasteiger partial charge in [0.05, 0.1) is 0 Å². The number of nitrogens with zero attached hydrogens (tertiary/aromatic N) is 2. The van der Waals surface area contributed by atoms with Crippen LogP contribution in [0.1, 0.15) is 168 Å². The molecule has 0 aromatic carbocycles. The molecular weight excluding hydrogens is 444 g/mol.